The third-order valence-electron chi connectivity index (χ3n) is 2.93. The molecule has 0 atom stereocenters. The van der Waals surface area contributed by atoms with Crippen LogP contribution in [0.15, 0.2) is 33.7 Å². The number of aliphatic imine (C=N–C) groups is 1. The van der Waals surface area contributed by atoms with E-state index in [2.05, 4.69) is 31.6 Å². The molecule has 0 fully saturated rings. The predicted octanol–water partition coefficient (Wildman–Crippen LogP) is 2.42. The first kappa shape index (κ1) is 17.8. The van der Waals surface area contributed by atoms with Crippen LogP contribution in [0.5, 0.6) is 5.75 Å². The third kappa shape index (κ3) is 7.34. The fourth-order valence-corrected chi connectivity index (χ4v) is 1.72. The minimum atomic E-state index is -0.231. The number of nitrogens with zero attached hydrogens (tertiary/aromatic N) is 1. The summed E-state index contributed by atoms with van der Waals surface area (Å²) in [7, 11) is 3.44. The van der Waals surface area contributed by atoms with Crippen molar-refractivity contribution in [3.8, 4) is 5.75 Å². The van der Waals surface area contributed by atoms with Gasteiger partial charge >= 0.3 is 0 Å². The zero-order chi connectivity index (χ0) is 15.7. The lowest BCUT2D eigenvalue weighted by molar-refractivity contribution is 0.0268. The molecule has 118 valence electrons. The molecular formula is C15H24BrN3O2. The maximum absolute atomic E-state index is 5.63. The Morgan fingerprint density at radius 3 is 2.48 bits per heavy atom. The van der Waals surface area contributed by atoms with Crippen LogP contribution in [0.3, 0.4) is 0 Å². The fraction of sp³-hybridized carbons (Fsp3) is 0.533. The van der Waals surface area contributed by atoms with E-state index in [0.29, 0.717) is 19.7 Å². The summed E-state index contributed by atoms with van der Waals surface area (Å²) >= 11 is 3.39. The zero-order valence-corrected chi connectivity index (χ0v) is 14.7. The van der Waals surface area contributed by atoms with Gasteiger partial charge in [-0.3, -0.25) is 4.99 Å². The number of rotatable bonds is 7. The number of guanidine groups is 1. The van der Waals surface area contributed by atoms with Crippen molar-refractivity contribution in [1.29, 1.82) is 0 Å². The summed E-state index contributed by atoms with van der Waals surface area (Å²) < 4.78 is 12.0. The van der Waals surface area contributed by atoms with Gasteiger partial charge in [-0.05, 0) is 38.1 Å². The minimum absolute atomic E-state index is 0.231. The second kappa shape index (κ2) is 8.89. The van der Waals surface area contributed by atoms with E-state index >= 15 is 0 Å². The van der Waals surface area contributed by atoms with Gasteiger partial charge in [0.1, 0.15) is 12.4 Å². The molecule has 1 aromatic rings. The summed E-state index contributed by atoms with van der Waals surface area (Å²) in [5, 5.41) is 6.42. The predicted molar refractivity (Wildman–Crippen MR) is 90.1 cm³/mol. The van der Waals surface area contributed by atoms with Crippen LogP contribution in [0.1, 0.15) is 13.8 Å². The number of methoxy groups -OCH3 is 1. The van der Waals surface area contributed by atoms with Gasteiger partial charge in [-0.1, -0.05) is 15.9 Å². The highest BCUT2D eigenvalue weighted by Crippen LogP contribution is 2.15. The van der Waals surface area contributed by atoms with Crippen LogP contribution in [0.2, 0.25) is 0 Å². The van der Waals surface area contributed by atoms with Crippen molar-refractivity contribution in [2.24, 2.45) is 4.99 Å². The SMILES string of the molecule is CN=C(NCCOc1ccc(Br)cc1)NCC(C)(C)OC. The monoisotopic (exact) mass is 357 g/mol. The number of halogens is 1. The van der Waals surface area contributed by atoms with E-state index in [9.17, 15) is 0 Å². The first-order valence-corrected chi connectivity index (χ1v) is 7.64. The highest BCUT2D eigenvalue weighted by molar-refractivity contribution is 9.10. The van der Waals surface area contributed by atoms with E-state index in [1.165, 1.54) is 0 Å². The second-order valence-electron chi connectivity index (χ2n) is 5.12. The molecule has 0 aromatic heterocycles. The smallest absolute Gasteiger partial charge is 0.191 e. The Hall–Kier alpha value is -1.27. The first-order chi connectivity index (χ1) is 9.96. The number of hydrogen-bond donors (Lipinski definition) is 2. The molecule has 6 heteroatoms. The highest BCUT2D eigenvalue weighted by atomic mass is 79.9. The number of ether oxygens (including phenoxy) is 2. The Labute approximate surface area is 135 Å². The van der Waals surface area contributed by atoms with E-state index in [0.717, 1.165) is 16.2 Å². The molecule has 1 aromatic carbocycles. The van der Waals surface area contributed by atoms with Gasteiger partial charge in [0.25, 0.3) is 0 Å². The quantitative estimate of drug-likeness (QED) is 0.447. The van der Waals surface area contributed by atoms with Crippen molar-refractivity contribution >= 4 is 21.9 Å². The molecule has 2 N–H and O–H groups in total. The van der Waals surface area contributed by atoms with Crippen molar-refractivity contribution in [1.82, 2.24) is 10.6 Å². The average molecular weight is 358 g/mol. The van der Waals surface area contributed by atoms with Crippen LogP contribution in [0.25, 0.3) is 0 Å². The van der Waals surface area contributed by atoms with Gasteiger partial charge in [0, 0.05) is 25.2 Å². The van der Waals surface area contributed by atoms with E-state index in [1.54, 1.807) is 14.2 Å². The Morgan fingerprint density at radius 1 is 1.24 bits per heavy atom. The van der Waals surface area contributed by atoms with E-state index in [-0.39, 0.29) is 5.60 Å². The topological polar surface area (TPSA) is 54.9 Å². The highest BCUT2D eigenvalue weighted by Gasteiger charge is 2.16. The van der Waals surface area contributed by atoms with Crippen molar-refractivity contribution in [2.45, 2.75) is 19.4 Å². The van der Waals surface area contributed by atoms with Gasteiger partial charge < -0.3 is 20.1 Å². The van der Waals surface area contributed by atoms with Gasteiger partial charge in [0.15, 0.2) is 5.96 Å². The largest absolute Gasteiger partial charge is 0.492 e. The van der Waals surface area contributed by atoms with Crippen LogP contribution in [0.4, 0.5) is 0 Å². The second-order valence-corrected chi connectivity index (χ2v) is 6.03. The van der Waals surface area contributed by atoms with Crippen LogP contribution >= 0.6 is 15.9 Å². The van der Waals surface area contributed by atoms with Crippen molar-refractivity contribution < 1.29 is 9.47 Å². The molecule has 0 unspecified atom stereocenters. The third-order valence-corrected chi connectivity index (χ3v) is 3.46. The fourth-order valence-electron chi connectivity index (χ4n) is 1.46. The van der Waals surface area contributed by atoms with Gasteiger partial charge in [0.05, 0.1) is 12.1 Å². The molecule has 0 aliphatic heterocycles. The molecule has 0 saturated carbocycles. The minimum Gasteiger partial charge on any atom is -0.492 e. The standard InChI is InChI=1S/C15H24BrN3O2/c1-15(2,20-4)11-19-14(17-3)18-9-10-21-13-7-5-12(16)6-8-13/h5-8H,9-11H2,1-4H3,(H2,17,18,19). The molecule has 0 heterocycles. The van der Waals surface area contributed by atoms with Gasteiger partial charge in [-0.25, -0.2) is 0 Å². The van der Waals surface area contributed by atoms with E-state index in [1.807, 2.05) is 38.1 Å². The van der Waals surface area contributed by atoms with Gasteiger partial charge in [-0.2, -0.15) is 0 Å². The lowest BCUT2D eigenvalue weighted by atomic mass is 10.1. The summed E-state index contributed by atoms with van der Waals surface area (Å²) in [4.78, 5) is 4.16. The Balaban J connectivity index is 2.25. The maximum atomic E-state index is 5.63. The Kier molecular flexibility index (Phi) is 7.53. The molecule has 5 nitrogen and oxygen atoms in total. The van der Waals surface area contributed by atoms with Gasteiger partial charge in [0.2, 0.25) is 0 Å². The molecule has 0 aliphatic carbocycles. The summed E-state index contributed by atoms with van der Waals surface area (Å²) in [6.45, 7) is 5.95. The van der Waals surface area contributed by atoms with Crippen molar-refractivity contribution in [2.75, 3.05) is 33.9 Å². The van der Waals surface area contributed by atoms with E-state index in [4.69, 9.17) is 9.47 Å². The van der Waals surface area contributed by atoms with Gasteiger partial charge in [-0.15, -0.1) is 0 Å². The molecule has 1 rings (SSSR count). The summed E-state index contributed by atoms with van der Waals surface area (Å²) in [6.07, 6.45) is 0. The van der Waals surface area contributed by atoms with Crippen LogP contribution in [-0.2, 0) is 4.74 Å². The Bertz CT molecular complexity index is 447. The van der Waals surface area contributed by atoms with Crippen molar-refractivity contribution in [3.63, 3.8) is 0 Å². The average Bonchev–Trinajstić information content (AvgIpc) is 2.48. The lowest BCUT2D eigenvalue weighted by Crippen LogP contribution is -2.46. The number of benzene rings is 1. The van der Waals surface area contributed by atoms with Crippen LogP contribution in [-0.4, -0.2) is 45.4 Å². The summed E-state index contributed by atoms with van der Waals surface area (Å²) in [5.41, 5.74) is -0.231. The Morgan fingerprint density at radius 2 is 1.90 bits per heavy atom. The zero-order valence-electron chi connectivity index (χ0n) is 13.1. The van der Waals surface area contributed by atoms with E-state index < -0.39 is 0 Å². The number of hydrogen-bond acceptors (Lipinski definition) is 3. The lowest BCUT2D eigenvalue weighted by Gasteiger charge is -2.24. The molecule has 0 bridgehead atoms. The summed E-state index contributed by atoms with van der Waals surface area (Å²) in [6, 6.07) is 7.77. The number of nitrogens with one attached hydrogen (secondary N) is 2. The molecule has 0 spiro atoms. The molecule has 0 aliphatic rings. The molecule has 21 heavy (non-hydrogen) atoms. The molecule has 0 saturated heterocycles. The molecular weight excluding hydrogens is 334 g/mol. The summed E-state index contributed by atoms with van der Waals surface area (Å²) in [5.74, 6) is 1.59. The molecule has 0 amide bonds. The van der Waals surface area contributed by atoms with Crippen molar-refractivity contribution in [3.05, 3.63) is 28.7 Å². The van der Waals surface area contributed by atoms with Crippen LogP contribution < -0.4 is 15.4 Å². The van der Waals surface area contributed by atoms with Crippen LogP contribution in [0, 0.1) is 0 Å². The molecule has 0 radical (unpaired) electrons. The maximum Gasteiger partial charge on any atom is 0.191 e. The first-order valence-electron chi connectivity index (χ1n) is 6.85. The normalized spacial score (nSPS) is 12.1.